The number of fused-ring (bicyclic) bond motifs is 1. The SMILES string of the molecule is Fc1ccc(-c2cc3cc(F)cc(F)c3[nH]2)cc1.O=C(NCC1CCC1)C1CCN1. The Kier molecular flexibility index (Phi) is 6.08. The Balaban J connectivity index is 0.000000158. The lowest BCUT2D eigenvalue weighted by molar-refractivity contribution is -0.125. The molecule has 0 bridgehead atoms. The fourth-order valence-corrected chi connectivity index (χ4v) is 3.53. The van der Waals surface area contributed by atoms with E-state index in [-0.39, 0.29) is 23.3 Å². The number of carbonyl (C=O) groups excluding carboxylic acids is 1. The van der Waals surface area contributed by atoms with Crippen LogP contribution in [-0.4, -0.2) is 30.0 Å². The number of hydrogen-bond acceptors (Lipinski definition) is 2. The molecule has 1 unspecified atom stereocenters. The number of benzene rings is 2. The first kappa shape index (κ1) is 20.5. The van der Waals surface area contributed by atoms with Gasteiger partial charge in [-0.25, -0.2) is 13.2 Å². The van der Waals surface area contributed by atoms with Gasteiger partial charge < -0.3 is 15.6 Å². The van der Waals surface area contributed by atoms with Crippen LogP contribution in [0.2, 0.25) is 0 Å². The molecular weight excluding hydrogens is 391 g/mol. The van der Waals surface area contributed by atoms with Crippen LogP contribution in [0, 0.1) is 23.4 Å². The number of hydrogen-bond donors (Lipinski definition) is 3. The number of carbonyl (C=O) groups is 1. The van der Waals surface area contributed by atoms with Gasteiger partial charge in [-0.05, 0) is 73.7 Å². The molecule has 1 saturated carbocycles. The predicted molar refractivity (Wildman–Crippen MR) is 110 cm³/mol. The van der Waals surface area contributed by atoms with Crippen LogP contribution in [0.4, 0.5) is 13.2 Å². The Morgan fingerprint density at radius 3 is 2.33 bits per heavy atom. The number of aromatic nitrogens is 1. The summed E-state index contributed by atoms with van der Waals surface area (Å²) >= 11 is 0. The maximum Gasteiger partial charge on any atom is 0.237 e. The molecule has 4 nitrogen and oxygen atoms in total. The zero-order valence-electron chi connectivity index (χ0n) is 16.5. The van der Waals surface area contributed by atoms with E-state index in [1.54, 1.807) is 18.2 Å². The molecule has 5 rings (SSSR count). The third kappa shape index (κ3) is 4.67. The highest BCUT2D eigenvalue weighted by Crippen LogP contribution is 2.27. The molecular formula is C23H24F3N3O. The minimum absolute atomic E-state index is 0.116. The average Bonchev–Trinajstić information content (AvgIpc) is 3.04. The first-order valence-corrected chi connectivity index (χ1v) is 10.2. The summed E-state index contributed by atoms with van der Waals surface area (Å²) in [5.74, 6) is -0.628. The summed E-state index contributed by atoms with van der Waals surface area (Å²) in [5, 5.41) is 6.53. The van der Waals surface area contributed by atoms with Gasteiger partial charge in [0.05, 0.1) is 11.6 Å². The quantitative estimate of drug-likeness (QED) is 0.587. The Morgan fingerprint density at radius 2 is 1.73 bits per heavy atom. The highest BCUT2D eigenvalue weighted by atomic mass is 19.1. The van der Waals surface area contributed by atoms with Gasteiger partial charge >= 0.3 is 0 Å². The maximum atomic E-state index is 13.5. The van der Waals surface area contributed by atoms with Crippen LogP contribution in [0.5, 0.6) is 0 Å². The maximum absolute atomic E-state index is 13.5. The number of nitrogens with one attached hydrogen (secondary N) is 3. The second-order valence-corrected chi connectivity index (χ2v) is 7.88. The zero-order valence-corrected chi connectivity index (χ0v) is 16.5. The van der Waals surface area contributed by atoms with E-state index in [0.717, 1.165) is 31.5 Å². The van der Waals surface area contributed by atoms with Gasteiger partial charge in [0.15, 0.2) is 0 Å². The van der Waals surface area contributed by atoms with Gasteiger partial charge in [-0.2, -0.15) is 0 Å². The fourth-order valence-electron chi connectivity index (χ4n) is 3.53. The molecule has 1 aliphatic heterocycles. The Bertz CT molecular complexity index is 1020. The lowest BCUT2D eigenvalue weighted by Gasteiger charge is -2.29. The molecule has 2 heterocycles. The summed E-state index contributed by atoms with van der Waals surface area (Å²) < 4.78 is 39.4. The molecule has 0 spiro atoms. The number of aromatic amines is 1. The summed E-state index contributed by atoms with van der Waals surface area (Å²) in [6.07, 6.45) is 4.97. The average molecular weight is 415 g/mol. The first-order chi connectivity index (χ1) is 14.5. The van der Waals surface area contributed by atoms with E-state index in [1.807, 2.05) is 0 Å². The molecule has 1 atom stereocenters. The van der Waals surface area contributed by atoms with Crippen LogP contribution < -0.4 is 10.6 Å². The van der Waals surface area contributed by atoms with Crippen LogP contribution in [0.25, 0.3) is 22.2 Å². The van der Waals surface area contributed by atoms with Gasteiger partial charge in [-0.15, -0.1) is 0 Å². The predicted octanol–water partition coefficient (Wildman–Crippen LogP) is 4.52. The van der Waals surface area contributed by atoms with Crippen molar-refractivity contribution in [3.05, 3.63) is 59.9 Å². The molecule has 1 aromatic heterocycles. The van der Waals surface area contributed by atoms with E-state index < -0.39 is 11.6 Å². The summed E-state index contributed by atoms with van der Waals surface area (Å²) in [6, 6.07) is 9.62. The van der Waals surface area contributed by atoms with Crippen molar-refractivity contribution in [2.45, 2.75) is 31.7 Å². The van der Waals surface area contributed by atoms with Crippen molar-refractivity contribution in [2.24, 2.45) is 5.92 Å². The van der Waals surface area contributed by atoms with Crippen molar-refractivity contribution in [1.29, 1.82) is 0 Å². The van der Waals surface area contributed by atoms with Crippen molar-refractivity contribution in [3.8, 4) is 11.3 Å². The van der Waals surface area contributed by atoms with E-state index in [9.17, 15) is 18.0 Å². The topological polar surface area (TPSA) is 56.9 Å². The third-order valence-corrected chi connectivity index (χ3v) is 5.73. The van der Waals surface area contributed by atoms with Crippen molar-refractivity contribution in [1.82, 2.24) is 15.6 Å². The first-order valence-electron chi connectivity index (χ1n) is 10.2. The van der Waals surface area contributed by atoms with Gasteiger partial charge in [0.2, 0.25) is 5.91 Å². The minimum Gasteiger partial charge on any atom is -0.354 e. The molecule has 1 amide bonds. The molecule has 1 aliphatic carbocycles. The lowest BCUT2D eigenvalue weighted by Crippen LogP contribution is -2.54. The van der Waals surface area contributed by atoms with Crippen molar-refractivity contribution < 1.29 is 18.0 Å². The van der Waals surface area contributed by atoms with Gasteiger partial charge in [0.25, 0.3) is 0 Å². The van der Waals surface area contributed by atoms with E-state index in [4.69, 9.17) is 0 Å². The van der Waals surface area contributed by atoms with Crippen molar-refractivity contribution in [3.63, 3.8) is 0 Å². The highest BCUT2D eigenvalue weighted by molar-refractivity contribution is 5.86. The minimum atomic E-state index is -0.640. The zero-order chi connectivity index (χ0) is 21.1. The molecule has 2 aliphatic rings. The standard InChI is InChI=1S/C14H8F3N.C9H16N2O/c15-10-3-1-8(2-4-10)13-6-9-5-11(16)7-12(17)14(9)18-13;12-9(8-4-5-10-8)11-6-7-2-1-3-7/h1-7,18H;7-8,10H,1-6H2,(H,11,12). The highest BCUT2D eigenvalue weighted by Gasteiger charge is 2.25. The second kappa shape index (κ2) is 8.92. The molecule has 0 radical (unpaired) electrons. The summed E-state index contributed by atoms with van der Waals surface area (Å²) in [7, 11) is 0. The van der Waals surface area contributed by atoms with Crippen molar-refractivity contribution >= 4 is 16.8 Å². The van der Waals surface area contributed by atoms with E-state index in [0.29, 0.717) is 16.6 Å². The number of H-pyrrole nitrogens is 1. The fraction of sp³-hybridized carbons (Fsp3) is 0.348. The molecule has 2 aromatic carbocycles. The molecule has 3 N–H and O–H groups in total. The molecule has 158 valence electrons. The van der Waals surface area contributed by atoms with Gasteiger partial charge in [0.1, 0.15) is 17.5 Å². The molecule has 30 heavy (non-hydrogen) atoms. The molecule has 7 heteroatoms. The van der Waals surface area contributed by atoms with Gasteiger partial charge in [-0.3, -0.25) is 4.79 Å². The normalized spacial score (nSPS) is 18.2. The van der Waals surface area contributed by atoms with E-state index in [1.165, 1.54) is 37.5 Å². The molecule has 2 fully saturated rings. The van der Waals surface area contributed by atoms with Crippen LogP contribution in [0.15, 0.2) is 42.5 Å². The lowest BCUT2D eigenvalue weighted by atomic mass is 9.85. The second-order valence-electron chi connectivity index (χ2n) is 7.88. The van der Waals surface area contributed by atoms with Gasteiger partial charge in [0, 0.05) is 23.7 Å². The number of amides is 1. The molecule has 1 saturated heterocycles. The Labute approximate surface area is 172 Å². The summed E-state index contributed by atoms with van der Waals surface area (Å²) in [5.41, 5.74) is 1.58. The third-order valence-electron chi connectivity index (χ3n) is 5.73. The smallest absolute Gasteiger partial charge is 0.237 e. The monoisotopic (exact) mass is 415 g/mol. The number of halogens is 3. The molecule has 3 aromatic rings. The Hall–Kier alpha value is -2.80. The summed E-state index contributed by atoms with van der Waals surface area (Å²) in [6.45, 7) is 1.90. The number of rotatable bonds is 4. The summed E-state index contributed by atoms with van der Waals surface area (Å²) in [4.78, 5) is 14.2. The largest absolute Gasteiger partial charge is 0.354 e. The van der Waals surface area contributed by atoms with Crippen LogP contribution >= 0.6 is 0 Å². The Morgan fingerprint density at radius 1 is 1.00 bits per heavy atom. The van der Waals surface area contributed by atoms with Crippen LogP contribution in [0.3, 0.4) is 0 Å². The van der Waals surface area contributed by atoms with E-state index >= 15 is 0 Å². The van der Waals surface area contributed by atoms with E-state index in [2.05, 4.69) is 15.6 Å². The van der Waals surface area contributed by atoms with Crippen LogP contribution in [0.1, 0.15) is 25.7 Å². The van der Waals surface area contributed by atoms with Crippen molar-refractivity contribution in [2.75, 3.05) is 13.1 Å². The van der Waals surface area contributed by atoms with Gasteiger partial charge in [-0.1, -0.05) is 6.42 Å². The van der Waals surface area contributed by atoms with Crippen LogP contribution in [-0.2, 0) is 4.79 Å².